The number of carbonyl (C=O) groups is 1. The van der Waals surface area contributed by atoms with Gasteiger partial charge in [-0.15, -0.1) is 0 Å². The number of nitrogens with zero attached hydrogens (tertiary/aromatic N) is 2. The van der Waals surface area contributed by atoms with Crippen LogP contribution >= 0.6 is 0 Å². The molecule has 2 saturated heterocycles. The fraction of sp³-hybridized carbons (Fsp3) is 0.941. The van der Waals surface area contributed by atoms with Gasteiger partial charge in [0, 0.05) is 25.6 Å². The van der Waals surface area contributed by atoms with Crippen LogP contribution in [0.5, 0.6) is 0 Å². The number of carbonyl (C=O) groups excluding carboxylic acids is 1. The Morgan fingerprint density at radius 3 is 2.24 bits per heavy atom. The summed E-state index contributed by atoms with van der Waals surface area (Å²) in [6.07, 6.45) is 9.25. The van der Waals surface area contributed by atoms with Crippen molar-refractivity contribution in [3.8, 4) is 0 Å². The van der Waals surface area contributed by atoms with Gasteiger partial charge in [-0.25, -0.2) is 0 Å². The van der Waals surface area contributed by atoms with E-state index < -0.39 is 0 Å². The van der Waals surface area contributed by atoms with Gasteiger partial charge in [0.05, 0.1) is 13.2 Å². The van der Waals surface area contributed by atoms with Gasteiger partial charge in [0.25, 0.3) is 0 Å². The average Bonchev–Trinajstić information content (AvgIpc) is 2.57. The molecule has 0 aromatic rings. The molecule has 2 heterocycles. The van der Waals surface area contributed by atoms with Gasteiger partial charge in [-0.3, -0.25) is 4.79 Å². The van der Waals surface area contributed by atoms with E-state index in [4.69, 9.17) is 4.74 Å². The highest BCUT2D eigenvalue weighted by molar-refractivity contribution is 5.79. The summed E-state index contributed by atoms with van der Waals surface area (Å²) >= 11 is 0. The average molecular weight is 294 g/mol. The van der Waals surface area contributed by atoms with Crippen LogP contribution in [0, 0.1) is 11.8 Å². The minimum absolute atomic E-state index is 0.269. The third-order valence-electron chi connectivity index (χ3n) is 5.50. The lowest BCUT2D eigenvalue weighted by Crippen LogP contribution is -2.47. The molecule has 1 saturated carbocycles. The van der Waals surface area contributed by atoms with Crippen molar-refractivity contribution >= 4 is 5.91 Å². The largest absolute Gasteiger partial charge is 0.378 e. The first-order chi connectivity index (χ1) is 10.3. The molecule has 0 radical (unpaired) electrons. The summed E-state index contributed by atoms with van der Waals surface area (Å²) in [7, 11) is 0. The highest BCUT2D eigenvalue weighted by Crippen LogP contribution is 2.27. The van der Waals surface area contributed by atoms with Gasteiger partial charge in [-0.1, -0.05) is 19.3 Å². The lowest BCUT2D eigenvalue weighted by Gasteiger charge is -2.37. The lowest BCUT2D eigenvalue weighted by molar-refractivity contribution is -0.141. The van der Waals surface area contributed by atoms with Crippen LogP contribution in [0.3, 0.4) is 0 Å². The standard InChI is InChI=1S/C17H30N2O2/c20-17(19-10-12-21-13-11-19)16-6-8-18(9-7-16)14-15-4-2-1-3-5-15/h15-16H,1-14H2. The maximum atomic E-state index is 12.5. The Hall–Kier alpha value is -0.610. The molecular weight excluding hydrogens is 264 g/mol. The van der Waals surface area contributed by atoms with Gasteiger partial charge in [-0.05, 0) is 44.7 Å². The van der Waals surface area contributed by atoms with Crippen LogP contribution < -0.4 is 0 Å². The molecule has 3 fully saturated rings. The Balaban J connectivity index is 1.40. The molecule has 0 unspecified atom stereocenters. The van der Waals surface area contributed by atoms with Crippen LogP contribution in [0.1, 0.15) is 44.9 Å². The smallest absolute Gasteiger partial charge is 0.225 e. The van der Waals surface area contributed by atoms with E-state index >= 15 is 0 Å². The normalized spacial score (nSPS) is 27.0. The van der Waals surface area contributed by atoms with E-state index in [1.807, 2.05) is 4.90 Å². The Morgan fingerprint density at radius 1 is 0.905 bits per heavy atom. The van der Waals surface area contributed by atoms with Crippen LogP contribution in [-0.2, 0) is 9.53 Å². The predicted octanol–water partition coefficient (Wildman–Crippen LogP) is 2.14. The van der Waals surface area contributed by atoms with Crippen molar-refractivity contribution in [1.82, 2.24) is 9.80 Å². The summed E-state index contributed by atoms with van der Waals surface area (Å²) in [6.45, 7) is 6.54. The summed E-state index contributed by atoms with van der Waals surface area (Å²) in [6, 6.07) is 0. The third-order valence-corrected chi connectivity index (χ3v) is 5.50. The maximum Gasteiger partial charge on any atom is 0.225 e. The Bertz CT molecular complexity index is 328. The van der Waals surface area contributed by atoms with Crippen molar-refractivity contribution < 1.29 is 9.53 Å². The van der Waals surface area contributed by atoms with Crippen molar-refractivity contribution in [2.45, 2.75) is 44.9 Å². The number of rotatable bonds is 3. The zero-order chi connectivity index (χ0) is 14.5. The van der Waals surface area contributed by atoms with Crippen molar-refractivity contribution in [1.29, 1.82) is 0 Å². The van der Waals surface area contributed by atoms with Crippen LogP contribution in [0.2, 0.25) is 0 Å². The Morgan fingerprint density at radius 2 is 1.57 bits per heavy atom. The molecule has 0 bridgehead atoms. The molecule has 0 atom stereocenters. The first-order valence-electron chi connectivity index (χ1n) is 8.92. The SMILES string of the molecule is O=C(C1CCN(CC2CCCCC2)CC1)N1CCOCC1. The Kier molecular flexibility index (Phi) is 5.53. The van der Waals surface area contributed by atoms with E-state index in [9.17, 15) is 4.79 Å². The van der Waals surface area contributed by atoms with E-state index in [1.54, 1.807) is 0 Å². The topological polar surface area (TPSA) is 32.8 Å². The molecule has 0 aromatic heterocycles. The first-order valence-corrected chi connectivity index (χ1v) is 8.92. The summed E-state index contributed by atoms with van der Waals surface area (Å²) < 4.78 is 5.34. The van der Waals surface area contributed by atoms with Crippen LogP contribution in [0.4, 0.5) is 0 Å². The maximum absolute atomic E-state index is 12.5. The summed E-state index contributed by atoms with van der Waals surface area (Å²) in [5, 5.41) is 0. The summed E-state index contributed by atoms with van der Waals surface area (Å²) in [5.74, 6) is 1.58. The van der Waals surface area contributed by atoms with Gasteiger partial charge in [-0.2, -0.15) is 0 Å². The second-order valence-electron chi connectivity index (χ2n) is 7.02. The molecule has 21 heavy (non-hydrogen) atoms. The minimum Gasteiger partial charge on any atom is -0.378 e. The molecule has 0 N–H and O–H groups in total. The minimum atomic E-state index is 0.269. The molecule has 4 nitrogen and oxygen atoms in total. The molecule has 3 rings (SSSR count). The molecule has 3 aliphatic rings. The number of morpholine rings is 1. The van der Waals surface area contributed by atoms with Gasteiger partial charge >= 0.3 is 0 Å². The predicted molar refractivity (Wildman–Crippen MR) is 83.1 cm³/mol. The van der Waals surface area contributed by atoms with E-state index in [2.05, 4.69) is 4.90 Å². The van der Waals surface area contributed by atoms with Crippen molar-refractivity contribution in [3.63, 3.8) is 0 Å². The van der Waals surface area contributed by atoms with Crippen molar-refractivity contribution in [2.24, 2.45) is 11.8 Å². The number of hydrogen-bond donors (Lipinski definition) is 0. The highest BCUT2D eigenvalue weighted by atomic mass is 16.5. The van der Waals surface area contributed by atoms with E-state index in [-0.39, 0.29) is 5.92 Å². The van der Waals surface area contributed by atoms with E-state index in [1.165, 1.54) is 38.6 Å². The molecule has 0 aromatic carbocycles. The molecule has 0 spiro atoms. The van der Waals surface area contributed by atoms with Crippen LogP contribution in [0.15, 0.2) is 0 Å². The third kappa shape index (κ3) is 4.19. The van der Waals surface area contributed by atoms with E-state index in [0.717, 1.165) is 44.9 Å². The fourth-order valence-electron chi connectivity index (χ4n) is 4.14. The summed E-state index contributed by atoms with van der Waals surface area (Å²) in [5.41, 5.74) is 0. The number of ether oxygens (including phenoxy) is 1. The second kappa shape index (κ2) is 7.59. The van der Waals surface area contributed by atoms with Crippen molar-refractivity contribution in [2.75, 3.05) is 45.9 Å². The van der Waals surface area contributed by atoms with E-state index in [0.29, 0.717) is 19.1 Å². The molecule has 2 aliphatic heterocycles. The number of piperidine rings is 1. The number of hydrogen-bond acceptors (Lipinski definition) is 3. The molecule has 1 aliphatic carbocycles. The second-order valence-corrected chi connectivity index (χ2v) is 7.02. The van der Waals surface area contributed by atoms with Gasteiger partial charge in [0.1, 0.15) is 0 Å². The number of likely N-dealkylation sites (tertiary alicyclic amines) is 1. The quantitative estimate of drug-likeness (QED) is 0.799. The lowest BCUT2D eigenvalue weighted by atomic mass is 9.87. The van der Waals surface area contributed by atoms with Gasteiger partial charge in [0.15, 0.2) is 0 Å². The highest BCUT2D eigenvalue weighted by Gasteiger charge is 2.30. The molecule has 1 amide bonds. The first kappa shape index (κ1) is 15.3. The van der Waals surface area contributed by atoms with Crippen molar-refractivity contribution in [3.05, 3.63) is 0 Å². The fourth-order valence-corrected chi connectivity index (χ4v) is 4.14. The summed E-state index contributed by atoms with van der Waals surface area (Å²) in [4.78, 5) is 17.1. The molecule has 120 valence electrons. The van der Waals surface area contributed by atoms with Gasteiger partial charge in [0.2, 0.25) is 5.91 Å². The van der Waals surface area contributed by atoms with Crippen LogP contribution in [-0.4, -0.2) is 61.6 Å². The molecule has 4 heteroatoms. The zero-order valence-corrected chi connectivity index (χ0v) is 13.3. The zero-order valence-electron chi connectivity index (χ0n) is 13.3. The Labute approximate surface area is 128 Å². The van der Waals surface area contributed by atoms with Crippen LogP contribution in [0.25, 0.3) is 0 Å². The van der Waals surface area contributed by atoms with Gasteiger partial charge < -0.3 is 14.5 Å². The number of amides is 1. The molecular formula is C17H30N2O2. The monoisotopic (exact) mass is 294 g/mol.